The summed E-state index contributed by atoms with van der Waals surface area (Å²) in [5.74, 6) is -0.479. The number of halogens is 1. The minimum Gasteiger partial charge on any atom is -0.539 e. The molecule has 0 atom stereocenters. The summed E-state index contributed by atoms with van der Waals surface area (Å²) in [4.78, 5) is 0. The zero-order valence-electron chi connectivity index (χ0n) is 14.1. The highest BCUT2D eigenvalue weighted by Gasteiger charge is 2.26. The van der Waals surface area contributed by atoms with Crippen molar-refractivity contribution in [2.24, 2.45) is 0 Å². The number of fused-ring (bicyclic) bond motifs is 3. The van der Waals surface area contributed by atoms with E-state index in [1.807, 2.05) is 72.8 Å². The van der Waals surface area contributed by atoms with Gasteiger partial charge in [0.05, 0.1) is 16.2 Å². The molecule has 0 fully saturated rings. The summed E-state index contributed by atoms with van der Waals surface area (Å²) in [5.41, 5.74) is 4.80. The Bertz CT molecular complexity index is 1280. The van der Waals surface area contributed by atoms with E-state index in [0.29, 0.717) is 10.5 Å². The van der Waals surface area contributed by atoms with Gasteiger partial charge in [-0.05, 0) is 27.8 Å². The smallest absolute Gasteiger partial charge is 0.272 e. The van der Waals surface area contributed by atoms with Gasteiger partial charge >= 0.3 is 0 Å². The average molecular weight is 373 g/mol. The van der Waals surface area contributed by atoms with Crippen molar-refractivity contribution in [2.45, 2.75) is 0 Å². The van der Waals surface area contributed by atoms with Crippen molar-refractivity contribution in [3.8, 4) is 28.2 Å². The summed E-state index contributed by atoms with van der Waals surface area (Å²) < 4.78 is 6.57. The van der Waals surface area contributed by atoms with Crippen molar-refractivity contribution >= 4 is 28.0 Å². The maximum Gasteiger partial charge on any atom is 0.272 e. The zero-order chi connectivity index (χ0) is 18.4. The van der Waals surface area contributed by atoms with Crippen LogP contribution in [0.4, 0.5) is 0 Å². The third-order valence-electron chi connectivity index (χ3n) is 4.68. The van der Waals surface area contributed by atoms with Gasteiger partial charge < -0.3 is 9.63 Å². The lowest BCUT2D eigenvalue weighted by atomic mass is 9.91. The highest BCUT2D eigenvalue weighted by Crippen LogP contribution is 2.41. The third-order valence-corrected chi connectivity index (χ3v) is 4.91. The van der Waals surface area contributed by atoms with Crippen LogP contribution in [0.2, 0.25) is 5.02 Å². The van der Waals surface area contributed by atoms with Crippen molar-refractivity contribution in [1.82, 2.24) is 5.27 Å². The predicted octanol–water partition coefficient (Wildman–Crippen LogP) is 4.63. The maximum atomic E-state index is 12.6. The number of rotatable bonds is 2. The van der Waals surface area contributed by atoms with Crippen molar-refractivity contribution in [3.63, 3.8) is 0 Å². The quantitative estimate of drug-likeness (QED) is 0.424. The Balaban J connectivity index is 2.07. The summed E-state index contributed by atoms with van der Waals surface area (Å²) in [6, 6.07) is 25.4. The monoisotopic (exact) mass is 372 g/mol. The zero-order valence-corrected chi connectivity index (χ0v) is 14.9. The van der Waals surface area contributed by atoms with Gasteiger partial charge in [-0.25, -0.2) is 0 Å². The maximum absolute atomic E-state index is 12.6. The van der Waals surface area contributed by atoms with Gasteiger partial charge in [0.1, 0.15) is 0 Å². The molecule has 5 aromatic rings. The number of aromatic nitrogens is 2. The molecule has 2 heterocycles. The van der Waals surface area contributed by atoms with Crippen LogP contribution >= 0.6 is 11.6 Å². The first-order valence-corrected chi connectivity index (χ1v) is 8.86. The molecule has 4 nitrogen and oxygen atoms in total. The van der Waals surface area contributed by atoms with Gasteiger partial charge in [0.25, 0.3) is 5.52 Å². The van der Waals surface area contributed by atoms with E-state index in [-0.39, 0.29) is 0 Å². The first kappa shape index (κ1) is 15.9. The highest BCUT2D eigenvalue weighted by molar-refractivity contribution is 6.31. The van der Waals surface area contributed by atoms with Crippen molar-refractivity contribution < 1.29 is 14.1 Å². The molecule has 0 bridgehead atoms. The first-order chi connectivity index (χ1) is 13.2. The molecule has 5 heteroatoms. The van der Waals surface area contributed by atoms with Crippen LogP contribution in [0, 0.1) is 0 Å². The van der Waals surface area contributed by atoms with Crippen molar-refractivity contribution in [2.75, 3.05) is 0 Å². The second-order valence-electron chi connectivity index (χ2n) is 6.26. The van der Waals surface area contributed by atoms with Crippen molar-refractivity contribution in [3.05, 3.63) is 83.9 Å². The van der Waals surface area contributed by atoms with Crippen LogP contribution in [-0.2, 0) is 0 Å². The Kier molecular flexibility index (Phi) is 3.59. The molecule has 2 aromatic heterocycles. The minimum absolute atomic E-state index is 0.398. The molecule has 0 saturated heterocycles. The van der Waals surface area contributed by atoms with Gasteiger partial charge in [0.15, 0.2) is 5.95 Å². The molecular formula is C22H13ClN2O2. The lowest BCUT2D eigenvalue weighted by Crippen LogP contribution is -2.25. The number of benzene rings is 3. The van der Waals surface area contributed by atoms with Crippen molar-refractivity contribution in [1.29, 1.82) is 0 Å². The molecule has 0 saturated carbocycles. The molecule has 0 N–H and O–H groups in total. The standard InChI is InChI=1S/C22H13ClN2O2/c23-16-11-12-17-18(13-16)25-21(22(26)27-24-25)20(15-9-5-2-6-10-15)19(17)14-7-3-1-4-8-14/h1-13H. The molecule has 0 amide bonds. The molecule has 0 radical (unpaired) electrons. The van der Waals surface area contributed by atoms with Gasteiger partial charge in [-0.2, -0.15) is 0 Å². The van der Waals surface area contributed by atoms with Gasteiger partial charge in [0.2, 0.25) is 5.52 Å². The van der Waals surface area contributed by atoms with E-state index in [9.17, 15) is 5.11 Å². The second kappa shape index (κ2) is 6.11. The molecule has 0 unspecified atom stereocenters. The fraction of sp³-hybridized carbons (Fsp3) is 0. The SMILES string of the molecule is [O-]c1on[n+]2c1c(-c1ccccc1)c(-c1ccccc1)c1ccc(Cl)cc12. The van der Waals surface area contributed by atoms with E-state index >= 15 is 0 Å². The molecule has 0 aliphatic heterocycles. The third kappa shape index (κ3) is 2.46. The van der Waals surface area contributed by atoms with Crippen LogP contribution < -0.4 is 9.62 Å². The lowest BCUT2D eigenvalue weighted by Gasteiger charge is -2.12. The van der Waals surface area contributed by atoms with Crippen LogP contribution in [0.3, 0.4) is 0 Å². The Morgan fingerprint density at radius 2 is 1.44 bits per heavy atom. The minimum atomic E-state index is -0.479. The Labute approximate surface area is 159 Å². The van der Waals surface area contributed by atoms with Gasteiger partial charge in [-0.1, -0.05) is 72.3 Å². The predicted molar refractivity (Wildman–Crippen MR) is 102 cm³/mol. The van der Waals surface area contributed by atoms with Crippen LogP contribution in [0.15, 0.2) is 83.4 Å². The van der Waals surface area contributed by atoms with Gasteiger partial charge in [-0.3, -0.25) is 0 Å². The number of nitrogens with zero attached hydrogens (tertiary/aromatic N) is 2. The van der Waals surface area contributed by atoms with E-state index in [1.165, 1.54) is 0 Å². The first-order valence-electron chi connectivity index (χ1n) is 8.49. The summed E-state index contributed by atoms with van der Waals surface area (Å²) in [6.45, 7) is 0. The molecule has 3 aromatic carbocycles. The van der Waals surface area contributed by atoms with E-state index in [4.69, 9.17) is 16.1 Å². The Morgan fingerprint density at radius 3 is 2.11 bits per heavy atom. The molecule has 130 valence electrons. The highest BCUT2D eigenvalue weighted by atomic mass is 35.5. The average Bonchev–Trinajstić information content (AvgIpc) is 3.10. The second-order valence-corrected chi connectivity index (χ2v) is 6.70. The van der Waals surface area contributed by atoms with E-state index < -0.39 is 5.95 Å². The van der Waals surface area contributed by atoms with Gasteiger partial charge in [-0.15, -0.1) is 0 Å². The molecule has 0 aliphatic carbocycles. The Hall–Kier alpha value is -3.37. The summed E-state index contributed by atoms with van der Waals surface area (Å²) in [7, 11) is 0. The lowest BCUT2D eigenvalue weighted by molar-refractivity contribution is -0.567. The topological polar surface area (TPSA) is 53.2 Å². The fourth-order valence-electron chi connectivity index (χ4n) is 3.56. The van der Waals surface area contributed by atoms with E-state index in [0.717, 1.165) is 33.2 Å². The number of hydrogen-bond acceptors (Lipinski definition) is 3. The molecule has 0 spiro atoms. The van der Waals surface area contributed by atoms with Crippen LogP contribution in [-0.4, -0.2) is 5.27 Å². The summed E-state index contributed by atoms with van der Waals surface area (Å²) in [5, 5.41) is 18.1. The van der Waals surface area contributed by atoms with Crippen LogP contribution in [0.5, 0.6) is 5.95 Å². The Morgan fingerprint density at radius 1 is 0.815 bits per heavy atom. The number of hydrogen-bond donors (Lipinski definition) is 0. The summed E-state index contributed by atoms with van der Waals surface area (Å²) in [6.07, 6.45) is 0. The van der Waals surface area contributed by atoms with Crippen LogP contribution in [0.1, 0.15) is 0 Å². The van der Waals surface area contributed by atoms with E-state index in [1.54, 1.807) is 10.6 Å². The van der Waals surface area contributed by atoms with Gasteiger partial charge in [0, 0.05) is 16.7 Å². The largest absolute Gasteiger partial charge is 0.539 e. The number of pyridine rings is 1. The fourth-order valence-corrected chi connectivity index (χ4v) is 3.72. The molecule has 0 aliphatic rings. The molecule has 27 heavy (non-hydrogen) atoms. The molecule has 5 rings (SSSR count). The molecular weight excluding hydrogens is 360 g/mol. The van der Waals surface area contributed by atoms with Crippen LogP contribution in [0.25, 0.3) is 38.7 Å². The van der Waals surface area contributed by atoms with E-state index in [2.05, 4.69) is 5.27 Å². The summed E-state index contributed by atoms with van der Waals surface area (Å²) >= 11 is 6.23. The normalized spacial score (nSPS) is 11.3.